The number of methoxy groups -OCH3 is 1. The summed E-state index contributed by atoms with van der Waals surface area (Å²) < 4.78 is 10.7. The van der Waals surface area contributed by atoms with Crippen LogP contribution in [0.15, 0.2) is 59.4 Å². The standard InChI is InChI=1S/C26H22N4O7S/c1-4-37-25(35)16-7-11-18(12-8-16)29-23(33)21-20(30-19(31)13-14(2)27-26(30)38-21)22(32)28-17-9-5-15(6-10-17)24(34)36-3/h5-13H,4H2,1-3H3,(H,28,32)(H,29,33). The molecule has 11 nitrogen and oxygen atoms in total. The van der Waals surface area contributed by atoms with E-state index in [1.807, 2.05) is 0 Å². The van der Waals surface area contributed by atoms with Crippen molar-refractivity contribution in [2.24, 2.45) is 0 Å². The maximum absolute atomic E-state index is 13.3. The summed E-state index contributed by atoms with van der Waals surface area (Å²) in [5.74, 6) is -2.39. The van der Waals surface area contributed by atoms with E-state index in [4.69, 9.17) is 4.74 Å². The number of nitrogens with zero attached hydrogens (tertiary/aromatic N) is 2. The number of thiazole rings is 1. The van der Waals surface area contributed by atoms with Crippen LogP contribution in [0.2, 0.25) is 0 Å². The second-order valence-electron chi connectivity index (χ2n) is 7.91. The average molecular weight is 535 g/mol. The van der Waals surface area contributed by atoms with Gasteiger partial charge in [0.05, 0.1) is 24.8 Å². The van der Waals surface area contributed by atoms with Crippen LogP contribution in [0.1, 0.15) is 53.5 Å². The molecule has 2 N–H and O–H groups in total. The maximum Gasteiger partial charge on any atom is 0.338 e. The third-order valence-corrected chi connectivity index (χ3v) is 6.33. The molecule has 0 saturated heterocycles. The van der Waals surface area contributed by atoms with E-state index in [-0.39, 0.29) is 27.7 Å². The number of carbonyl (C=O) groups is 4. The highest BCUT2D eigenvalue weighted by molar-refractivity contribution is 7.19. The molecule has 2 heterocycles. The van der Waals surface area contributed by atoms with Gasteiger partial charge in [-0.25, -0.2) is 19.0 Å². The Labute approximate surface area is 220 Å². The SMILES string of the molecule is CCOC(=O)c1ccc(NC(=O)c2sc3nc(C)cc(=O)n3c2C(=O)Nc2ccc(C(=O)OC)cc2)cc1. The summed E-state index contributed by atoms with van der Waals surface area (Å²) >= 11 is 0.886. The minimum atomic E-state index is -0.724. The number of hydrogen-bond acceptors (Lipinski definition) is 9. The highest BCUT2D eigenvalue weighted by Gasteiger charge is 2.26. The first-order valence-corrected chi connectivity index (χ1v) is 12.1. The number of anilines is 2. The Morgan fingerprint density at radius 2 is 1.45 bits per heavy atom. The molecule has 2 amide bonds. The van der Waals surface area contributed by atoms with Gasteiger partial charge in [-0.05, 0) is 62.4 Å². The van der Waals surface area contributed by atoms with Gasteiger partial charge >= 0.3 is 11.9 Å². The van der Waals surface area contributed by atoms with Gasteiger partial charge in [-0.1, -0.05) is 11.3 Å². The molecule has 2 aromatic heterocycles. The number of aryl methyl sites for hydroxylation is 1. The van der Waals surface area contributed by atoms with Crippen molar-refractivity contribution < 1.29 is 28.7 Å². The van der Waals surface area contributed by atoms with Crippen LogP contribution in [0, 0.1) is 6.92 Å². The fraction of sp³-hybridized carbons (Fsp3) is 0.154. The summed E-state index contributed by atoms with van der Waals surface area (Å²) in [6.07, 6.45) is 0. The first-order valence-electron chi connectivity index (χ1n) is 11.3. The van der Waals surface area contributed by atoms with E-state index in [1.54, 1.807) is 13.8 Å². The molecule has 0 saturated carbocycles. The number of benzene rings is 2. The summed E-state index contributed by atoms with van der Waals surface area (Å²) in [7, 11) is 1.26. The van der Waals surface area contributed by atoms with E-state index in [2.05, 4.69) is 20.4 Å². The number of aromatic nitrogens is 2. The molecule has 2 aromatic carbocycles. The van der Waals surface area contributed by atoms with Gasteiger partial charge in [0.1, 0.15) is 10.6 Å². The maximum atomic E-state index is 13.3. The summed E-state index contributed by atoms with van der Waals surface area (Å²) in [5.41, 5.74) is 1.02. The Hall–Kier alpha value is -4.84. The van der Waals surface area contributed by atoms with Gasteiger partial charge in [0.2, 0.25) is 0 Å². The topological polar surface area (TPSA) is 145 Å². The molecule has 0 atom stereocenters. The highest BCUT2D eigenvalue weighted by atomic mass is 32.1. The molecule has 0 unspecified atom stereocenters. The van der Waals surface area contributed by atoms with Crippen LogP contribution in [0.3, 0.4) is 0 Å². The van der Waals surface area contributed by atoms with Crippen LogP contribution in [0.25, 0.3) is 4.96 Å². The van der Waals surface area contributed by atoms with Gasteiger partial charge in [-0.2, -0.15) is 0 Å². The Morgan fingerprint density at radius 1 is 0.895 bits per heavy atom. The van der Waals surface area contributed by atoms with Crippen molar-refractivity contribution in [1.82, 2.24) is 9.38 Å². The lowest BCUT2D eigenvalue weighted by atomic mass is 10.2. The van der Waals surface area contributed by atoms with E-state index in [0.29, 0.717) is 22.6 Å². The van der Waals surface area contributed by atoms with Gasteiger partial charge in [0, 0.05) is 23.1 Å². The van der Waals surface area contributed by atoms with Crippen LogP contribution in [0.4, 0.5) is 11.4 Å². The van der Waals surface area contributed by atoms with Crippen molar-refractivity contribution in [1.29, 1.82) is 0 Å². The summed E-state index contributed by atoms with van der Waals surface area (Å²) in [5, 5.41) is 5.33. The molecule has 38 heavy (non-hydrogen) atoms. The van der Waals surface area contributed by atoms with Crippen LogP contribution >= 0.6 is 11.3 Å². The zero-order valence-electron chi connectivity index (χ0n) is 20.6. The zero-order chi connectivity index (χ0) is 27.4. The molecule has 4 aromatic rings. The number of amides is 2. The molecule has 0 fully saturated rings. The van der Waals surface area contributed by atoms with Crippen molar-refractivity contribution in [3.8, 4) is 0 Å². The average Bonchev–Trinajstić information content (AvgIpc) is 3.29. The van der Waals surface area contributed by atoms with E-state index in [9.17, 15) is 24.0 Å². The Kier molecular flexibility index (Phi) is 7.63. The number of fused-ring (bicyclic) bond motifs is 1. The normalized spacial score (nSPS) is 10.6. The Bertz CT molecular complexity index is 1610. The summed E-state index contributed by atoms with van der Waals surface area (Å²) in [6.45, 7) is 3.56. The molecule has 0 radical (unpaired) electrons. The van der Waals surface area contributed by atoms with Crippen LogP contribution in [-0.4, -0.2) is 46.9 Å². The Morgan fingerprint density at radius 3 is 2.00 bits per heavy atom. The fourth-order valence-corrected chi connectivity index (χ4v) is 4.60. The van der Waals surface area contributed by atoms with Crippen LogP contribution in [-0.2, 0) is 9.47 Å². The Balaban J connectivity index is 1.67. The predicted octanol–water partition coefficient (Wildman–Crippen LogP) is 3.53. The smallest absolute Gasteiger partial charge is 0.338 e. The number of rotatable bonds is 7. The lowest BCUT2D eigenvalue weighted by molar-refractivity contribution is 0.0525. The molecule has 0 bridgehead atoms. The number of esters is 2. The molecule has 4 rings (SSSR count). The van der Waals surface area contributed by atoms with Crippen molar-refractivity contribution in [3.05, 3.63) is 92.3 Å². The van der Waals surface area contributed by atoms with E-state index in [1.165, 1.54) is 61.7 Å². The molecular weight excluding hydrogens is 512 g/mol. The zero-order valence-corrected chi connectivity index (χ0v) is 21.4. The third kappa shape index (κ3) is 5.44. The molecule has 0 aliphatic rings. The van der Waals surface area contributed by atoms with E-state index < -0.39 is 29.3 Å². The van der Waals surface area contributed by atoms with Crippen molar-refractivity contribution in [3.63, 3.8) is 0 Å². The van der Waals surface area contributed by atoms with Crippen molar-refractivity contribution in [2.45, 2.75) is 13.8 Å². The molecule has 194 valence electrons. The summed E-state index contributed by atoms with van der Waals surface area (Å²) in [6, 6.07) is 13.2. The second kappa shape index (κ2) is 11.0. The van der Waals surface area contributed by atoms with Gasteiger partial charge in [0.25, 0.3) is 17.4 Å². The lowest BCUT2D eigenvalue weighted by Crippen LogP contribution is -2.25. The largest absolute Gasteiger partial charge is 0.465 e. The lowest BCUT2D eigenvalue weighted by Gasteiger charge is -2.09. The molecule has 0 spiro atoms. The number of nitrogens with one attached hydrogen (secondary N) is 2. The molecule has 0 aliphatic carbocycles. The van der Waals surface area contributed by atoms with Gasteiger partial charge in [-0.15, -0.1) is 0 Å². The number of ether oxygens (including phenoxy) is 2. The highest BCUT2D eigenvalue weighted by Crippen LogP contribution is 2.24. The minimum absolute atomic E-state index is 0.0432. The molecular formula is C26H22N4O7S. The summed E-state index contributed by atoms with van der Waals surface area (Å²) in [4.78, 5) is 67.4. The fourth-order valence-electron chi connectivity index (χ4n) is 3.53. The quantitative estimate of drug-likeness (QED) is 0.343. The molecule has 12 heteroatoms. The van der Waals surface area contributed by atoms with Crippen molar-refractivity contribution in [2.75, 3.05) is 24.4 Å². The van der Waals surface area contributed by atoms with Gasteiger partial charge in [0.15, 0.2) is 4.96 Å². The predicted molar refractivity (Wildman–Crippen MR) is 140 cm³/mol. The number of hydrogen-bond donors (Lipinski definition) is 2. The van der Waals surface area contributed by atoms with E-state index >= 15 is 0 Å². The monoisotopic (exact) mass is 534 g/mol. The first kappa shape index (κ1) is 26.2. The van der Waals surface area contributed by atoms with Crippen LogP contribution in [0.5, 0.6) is 0 Å². The van der Waals surface area contributed by atoms with E-state index in [0.717, 1.165) is 15.7 Å². The first-order chi connectivity index (χ1) is 18.2. The van der Waals surface area contributed by atoms with Gasteiger partial charge in [-0.3, -0.25) is 14.4 Å². The number of carbonyl (C=O) groups excluding carboxylic acids is 4. The molecule has 0 aliphatic heterocycles. The minimum Gasteiger partial charge on any atom is -0.465 e. The third-order valence-electron chi connectivity index (χ3n) is 5.29. The van der Waals surface area contributed by atoms with Crippen molar-refractivity contribution >= 4 is 51.4 Å². The second-order valence-corrected chi connectivity index (χ2v) is 8.89. The van der Waals surface area contributed by atoms with Crippen LogP contribution < -0.4 is 16.2 Å². The van der Waals surface area contributed by atoms with Gasteiger partial charge < -0.3 is 20.1 Å².